The molecule has 0 aliphatic carbocycles. The maximum absolute atomic E-state index is 11.1. The van der Waals surface area contributed by atoms with E-state index in [-0.39, 0.29) is 0 Å². The maximum Gasteiger partial charge on any atom is 0.153 e. The Morgan fingerprint density at radius 1 is 1.05 bits per heavy atom. The van der Waals surface area contributed by atoms with E-state index in [1.54, 1.807) is 6.07 Å². The van der Waals surface area contributed by atoms with Crippen molar-refractivity contribution in [2.24, 2.45) is 0 Å². The summed E-state index contributed by atoms with van der Waals surface area (Å²) < 4.78 is 5.82. The summed E-state index contributed by atoms with van der Waals surface area (Å²) in [6, 6.07) is 15.2. The van der Waals surface area contributed by atoms with Crippen molar-refractivity contribution in [2.75, 3.05) is 18.0 Å². The Morgan fingerprint density at radius 3 is 2.35 bits per heavy atom. The lowest BCUT2D eigenvalue weighted by molar-refractivity contribution is 0.112. The number of hydrogen-bond acceptors (Lipinski definition) is 3. The van der Waals surface area contributed by atoms with E-state index in [1.165, 1.54) is 0 Å². The minimum absolute atomic E-state index is 0.560. The minimum atomic E-state index is 0.560. The van der Waals surface area contributed by atoms with Crippen LogP contribution in [0.1, 0.15) is 24.2 Å². The molecule has 0 unspecified atom stereocenters. The van der Waals surface area contributed by atoms with Crippen molar-refractivity contribution in [3.63, 3.8) is 0 Å². The summed E-state index contributed by atoms with van der Waals surface area (Å²) in [5.74, 6) is 1.32. The smallest absolute Gasteiger partial charge is 0.153 e. The number of carbonyl (C=O) groups is 1. The number of para-hydroxylation sites is 1. The number of rotatable bonds is 6. The standard InChI is InChI=1S/C17H19NO2/c1-3-18(4-2)15-11-10-14(13-19)17(12-15)20-16-8-6-5-7-9-16/h5-13H,3-4H2,1-2H3. The van der Waals surface area contributed by atoms with Crippen molar-refractivity contribution in [2.45, 2.75) is 13.8 Å². The van der Waals surface area contributed by atoms with Crippen LogP contribution in [0.2, 0.25) is 0 Å². The molecular weight excluding hydrogens is 250 g/mol. The minimum Gasteiger partial charge on any atom is -0.457 e. The first-order chi connectivity index (χ1) is 9.78. The lowest BCUT2D eigenvalue weighted by atomic mass is 10.2. The highest BCUT2D eigenvalue weighted by atomic mass is 16.5. The van der Waals surface area contributed by atoms with Crippen LogP contribution in [0, 0.1) is 0 Å². The first-order valence-corrected chi connectivity index (χ1v) is 6.85. The normalized spacial score (nSPS) is 10.1. The van der Waals surface area contributed by atoms with E-state index in [2.05, 4.69) is 18.7 Å². The molecule has 0 heterocycles. The topological polar surface area (TPSA) is 29.5 Å². The Bertz CT molecular complexity index is 562. The molecule has 0 spiro atoms. The molecule has 2 aromatic rings. The van der Waals surface area contributed by atoms with Gasteiger partial charge in [-0.1, -0.05) is 18.2 Å². The Kier molecular flexibility index (Phi) is 4.77. The van der Waals surface area contributed by atoms with Crippen LogP contribution in [0.15, 0.2) is 48.5 Å². The zero-order valence-corrected chi connectivity index (χ0v) is 11.9. The van der Waals surface area contributed by atoms with Crippen LogP contribution in [0.25, 0.3) is 0 Å². The van der Waals surface area contributed by atoms with E-state index < -0.39 is 0 Å². The molecule has 0 saturated heterocycles. The molecule has 0 atom stereocenters. The zero-order chi connectivity index (χ0) is 14.4. The molecule has 0 aliphatic rings. The first-order valence-electron chi connectivity index (χ1n) is 6.85. The Hall–Kier alpha value is -2.29. The molecular formula is C17H19NO2. The molecule has 0 radical (unpaired) electrons. The Morgan fingerprint density at radius 2 is 1.75 bits per heavy atom. The fraction of sp³-hybridized carbons (Fsp3) is 0.235. The van der Waals surface area contributed by atoms with E-state index >= 15 is 0 Å². The SMILES string of the molecule is CCN(CC)c1ccc(C=O)c(Oc2ccccc2)c1. The third-order valence-electron chi connectivity index (χ3n) is 3.22. The predicted octanol–water partition coefficient (Wildman–Crippen LogP) is 4.14. The van der Waals surface area contributed by atoms with Gasteiger partial charge in [-0.15, -0.1) is 0 Å². The van der Waals surface area contributed by atoms with Crippen LogP contribution in [0.4, 0.5) is 5.69 Å². The van der Waals surface area contributed by atoms with Gasteiger partial charge >= 0.3 is 0 Å². The van der Waals surface area contributed by atoms with Gasteiger partial charge in [-0.05, 0) is 38.1 Å². The van der Waals surface area contributed by atoms with E-state index in [4.69, 9.17) is 4.74 Å². The molecule has 104 valence electrons. The van der Waals surface area contributed by atoms with Gasteiger partial charge in [0.15, 0.2) is 6.29 Å². The fourth-order valence-corrected chi connectivity index (χ4v) is 2.11. The van der Waals surface area contributed by atoms with Crippen LogP contribution >= 0.6 is 0 Å². The molecule has 0 saturated carbocycles. The number of hydrogen-bond donors (Lipinski definition) is 0. The highest BCUT2D eigenvalue weighted by Crippen LogP contribution is 2.29. The second-order valence-electron chi connectivity index (χ2n) is 4.43. The molecule has 0 bridgehead atoms. The second-order valence-corrected chi connectivity index (χ2v) is 4.43. The number of nitrogens with zero attached hydrogens (tertiary/aromatic N) is 1. The van der Waals surface area contributed by atoms with Gasteiger partial charge in [0.1, 0.15) is 11.5 Å². The summed E-state index contributed by atoms with van der Waals surface area (Å²) in [6.07, 6.45) is 0.824. The van der Waals surface area contributed by atoms with Crippen molar-refractivity contribution < 1.29 is 9.53 Å². The summed E-state index contributed by atoms with van der Waals surface area (Å²) >= 11 is 0. The van der Waals surface area contributed by atoms with Crippen LogP contribution < -0.4 is 9.64 Å². The van der Waals surface area contributed by atoms with Gasteiger partial charge < -0.3 is 9.64 Å². The molecule has 20 heavy (non-hydrogen) atoms. The molecule has 0 aromatic heterocycles. The van der Waals surface area contributed by atoms with Gasteiger partial charge in [0.2, 0.25) is 0 Å². The summed E-state index contributed by atoms with van der Waals surface area (Å²) in [4.78, 5) is 13.4. The van der Waals surface area contributed by atoms with Crippen LogP contribution in [-0.2, 0) is 0 Å². The quantitative estimate of drug-likeness (QED) is 0.738. The first kappa shape index (κ1) is 14.1. The van der Waals surface area contributed by atoms with Crippen molar-refractivity contribution in [3.8, 4) is 11.5 Å². The molecule has 0 fully saturated rings. The van der Waals surface area contributed by atoms with E-state index in [0.717, 1.165) is 30.8 Å². The maximum atomic E-state index is 11.1. The molecule has 0 amide bonds. The number of benzene rings is 2. The highest BCUT2D eigenvalue weighted by molar-refractivity contribution is 5.81. The highest BCUT2D eigenvalue weighted by Gasteiger charge is 2.09. The lowest BCUT2D eigenvalue weighted by Crippen LogP contribution is -2.21. The third kappa shape index (κ3) is 3.18. The van der Waals surface area contributed by atoms with Crippen LogP contribution in [0.3, 0.4) is 0 Å². The largest absolute Gasteiger partial charge is 0.457 e. The molecule has 3 heteroatoms. The van der Waals surface area contributed by atoms with Crippen molar-refractivity contribution in [1.29, 1.82) is 0 Å². The monoisotopic (exact) mass is 269 g/mol. The van der Waals surface area contributed by atoms with Crippen LogP contribution in [0.5, 0.6) is 11.5 Å². The van der Waals surface area contributed by atoms with E-state index in [9.17, 15) is 4.79 Å². The van der Waals surface area contributed by atoms with Gasteiger partial charge in [0.05, 0.1) is 5.56 Å². The number of carbonyl (C=O) groups excluding carboxylic acids is 1. The average molecular weight is 269 g/mol. The summed E-state index contributed by atoms with van der Waals surface area (Å²) in [7, 11) is 0. The Balaban J connectivity index is 2.34. The van der Waals surface area contributed by atoms with Gasteiger partial charge in [-0.25, -0.2) is 0 Å². The molecule has 2 aromatic carbocycles. The van der Waals surface area contributed by atoms with Crippen LogP contribution in [-0.4, -0.2) is 19.4 Å². The summed E-state index contributed by atoms with van der Waals surface area (Å²) in [6.45, 7) is 6.05. The van der Waals surface area contributed by atoms with Crippen molar-refractivity contribution >= 4 is 12.0 Å². The van der Waals surface area contributed by atoms with Gasteiger partial charge in [-0.3, -0.25) is 4.79 Å². The third-order valence-corrected chi connectivity index (χ3v) is 3.22. The van der Waals surface area contributed by atoms with E-state index in [0.29, 0.717) is 11.3 Å². The predicted molar refractivity (Wildman–Crippen MR) is 81.9 cm³/mol. The molecule has 2 rings (SSSR count). The van der Waals surface area contributed by atoms with Gasteiger partial charge in [0.25, 0.3) is 0 Å². The lowest BCUT2D eigenvalue weighted by Gasteiger charge is -2.22. The molecule has 0 N–H and O–H groups in total. The Labute approximate surface area is 119 Å². The van der Waals surface area contributed by atoms with Crippen molar-refractivity contribution in [1.82, 2.24) is 0 Å². The number of aldehydes is 1. The van der Waals surface area contributed by atoms with E-state index in [1.807, 2.05) is 42.5 Å². The molecule has 0 aliphatic heterocycles. The average Bonchev–Trinajstić information content (AvgIpc) is 2.50. The number of ether oxygens (including phenoxy) is 1. The van der Waals surface area contributed by atoms with Crippen molar-refractivity contribution in [3.05, 3.63) is 54.1 Å². The summed E-state index contributed by atoms with van der Waals surface area (Å²) in [5.41, 5.74) is 1.62. The second kappa shape index (κ2) is 6.75. The van der Waals surface area contributed by atoms with Gasteiger partial charge in [0, 0.05) is 24.8 Å². The summed E-state index contributed by atoms with van der Waals surface area (Å²) in [5, 5.41) is 0. The fourth-order valence-electron chi connectivity index (χ4n) is 2.11. The van der Waals surface area contributed by atoms with Gasteiger partial charge in [-0.2, -0.15) is 0 Å². The zero-order valence-electron chi connectivity index (χ0n) is 11.9. The number of anilines is 1. The molecule has 3 nitrogen and oxygen atoms in total.